The molecule has 7 heteroatoms. The van der Waals surface area contributed by atoms with Crippen LogP contribution in [-0.2, 0) is 25.5 Å². The minimum absolute atomic E-state index is 0.0482. The molecule has 0 saturated carbocycles. The molecule has 0 radical (unpaired) electrons. The minimum atomic E-state index is -0.328. The van der Waals surface area contributed by atoms with E-state index in [1.165, 1.54) is 7.11 Å². The molecule has 31 heavy (non-hydrogen) atoms. The second kappa shape index (κ2) is 8.02. The van der Waals surface area contributed by atoms with Gasteiger partial charge in [-0.3, -0.25) is 14.4 Å². The molecular formula is C24H30N2O5. The Morgan fingerprint density at radius 2 is 1.97 bits per heavy atom. The summed E-state index contributed by atoms with van der Waals surface area (Å²) in [6.45, 7) is 8.56. The van der Waals surface area contributed by atoms with Gasteiger partial charge in [0.15, 0.2) is 0 Å². The van der Waals surface area contributed by atoms with Crippen LogP contribution in [0.3, 0.4) is 0 Å². The molecule has 2 aliphatic rings. The average Bonchev–Trinajstić information content (AvgIpc) is 3.33. The van der Waals surface area contributed by atoms with Crippen LogP contribution in [0.2, 0.25) is 0 Å². The Bertz CT molecular complexity index is 1060. The van der Waals surface area contributed by atoms with E-state index in [1.807, 2.05) is 32.6 Å². The first-order valence-corrected chi connectivity index (χ1v) is 10.9. The van der Waals surface area contributed by atoms with Gasteiger partial charge in [0.2, 0.25) is 11.8 Å². The van der Waals surface area contributed by atoms with Gasteiger partial charge in [0.1, 0.15) is 5.58 Å². The zero-order valence-electron chi connectivity index (χ0n) is 18.9. The van der Waals surface area contributed by atoms with E-state index in [0.29, 0.717) is 19.4 Å². The molecule has 3 atom stereocenters. The standard InChI is InChI=1S/C24H30N2O5/c1-6-19-18(24(29)30-5)9-17-10-25(11-21(28)26(17)19)20(27)8-16-12-31-23-15(4)13(2)7-14(3)22(16)23/h7,12,17-19H,6,8-11H2,1-5H3/t17-,18-,19-/m0/s1. The molecule has 1 aromatic carbocycles. The first-order chi connectivity index (χ1) is 14.8. The molecule has 2 amide bonds. The van der Waals surface area contributed by atoms with E-state index < -0.39 is 0 Å². The maximum atomic E-state index is 13.2. The van der Waals surface area contributed by atoms with Gasteiger partial charge >= 0.3 is 5.97 Å². The zero-order valence-corrected chi connectivity index (χ0v) is 18.9. The van der Waals surface area contributed by atoms with Crippen LogP contribution in [-0.4, -0.2) is 59.9 Å². The summed E-state index contributed by atoms with van der Waals surface area (Å²) in [4.78, 5) is 41.7. The molecule has 1 aromatic heterocycles. The molecule has 2 aromatic rings. The first-order valence-electron chi connectivity index (χ1n) is 10.9. The number of rotatable bonds is 4. The lowest BCUT2D eigenvalue weighted by molar-refractivity contribution is -0.150. The van der Waals surface area contributed by atoms with Crippen molar-refractivity contribution in [2.45, 2.75) is 59.0 Å². The maximum Gasteiger partial charge on any atom is 0.310 e. The SMILES string of the molecule is CC[C@H]1[C@@H](C(=O)OC)C[C@H]2CN(C(=O)Cc3coc4c(C)c(C)cc(C)c34)CC(=O)N21. The first kappa shape index (κ1) is 21.4. The third kappa shape index (κ3) is 3.50. The molecule has 2 aliphatic heterocycles. The summed E-state index contributed by atoms with van der Waals surface area (Å²) >= 11 is 0. The fourth-order valence-electron chi connectivity index (χ4n) is 5.41. The number of piperazine rings is 1. The molecule has 0 bridgehead atoms. The van der Waals surface area contributed by atoms with Crippen LogP contribution < -0.4 is 0 Å². The molecule has 0 N–H and O–H groups in total. The summed E-state index contributed by atoms with van der Waals surface area (Å²) in [5, 5.41) is 0.985. The van der Waals surface area contributed by atoms with Gasteiger partial charge in [-0.05, 0) is 50.3 Å². The second-order valence-electron chi connectivity index (χ2n) is 8.85. The second-order valence-corrected chi connectivity index (χ2v) is 8.85. The van der Waals surface area contributed by atoms with Crippen molar-refractivity contribution in [2.75, 3.05) is 20.2 Å². The number of carbonyl (C=O) groups is 3. The van der Waals surface area contributed by atoms with E-state index in [1.54, 1.807) is 11.2 Å². The fraction of sp³-hybridized carbons (Fsp3) is 0.542. The number of amides is 2. The Kier molecular flexibility index (Phi) is 5.54. The molecule has 0 aliphatic carbocycles. The minimum Gasteiger partial charge on any atom is -0.469 e. The van der Waals surface area contributed by atoms with E-state index in [2.05, 4.69) is 6.07 Å². The highest BCUT2D eigenvalue weighted by Gasteiger charge is 2.49. The van der Waals surface area contributed by atoms with Crippen LogP contribution in [0.5, 0.6) is 0 Å². The van der Waals surface area contributed by atoms with E-state index in [-0.39, 0.29) is 48.8 Å². The molecule has 0 spiro atoms. The molecule has 2 fully saturated rings. The number of aryl methyl sites for hydroxylation is 3. The highest BCUT2D eigenvalue weighted by molar-refractivity contribution is 5.93. The quantitative estimate of drug-likeness (QED) is 0.703. The number of fused-ring (bicyclic) bond motifs is 2. The summed E-state index contributed by atoms with van der Waals surface area (Å²) in [6, 6.07) is 1.81. The normalized spacial score (nSPS) is 23.4. The number of benzene rings is 1. The Morgan fingerprint density at radius 3 is 2.65 bits per heavy atom. The predicted octanol–water partition coefficient (Wildman–Crippen LogP) is 2.91. The highest BCUT2D eigenvalue weighted by atomic mass is 16.5. The molecule has 0 unspecified atom stereocenters. The van der Waals surface area contributed by atoms with Crippen molar-refractivity contribution in [3.05, 3.63) is 34.6 Å². The number of ether oxygens (including phenoxy) is 1. The van der Waals surface area contributed by atoms with Gasteiger partial charge in [0.25, 0.3) is 0 Å². The number of hydrogen-bond donors (Lipinski definition) is 0. The van der Waals surface area contributed by atoms with Gasteiger partial charge in [-0.15, -0.1) is 0 Å². The number of methoxy groups -OCH3 is 1. The Labute approximate surface area is 182 Å². The summed E-state index contributed by atoms with van der Waals surface area (Å²) in [7, 11) is 1.38. The fourth-order valence-corrected chi connectivity index (χ4v) is 5.41. The number of esters is 1. The predicted molar refractivity (Wildman–Crippen MR) is 116 cm³/mol. The van der Waals surface area contributed by atoms with E-state index in [9.17, 15) is 14.4 Å². The van der Waals surface area contributed by atoms with Gasteiger partial charge in [-0.1, -0.05) is 13.0 Å². The summed E-state index contributed by atoms with van der Waals surface area (Å²) in [5.41, 5.74) is 4.99. The lowest BCUT2D eigenvalue weighted by atomic mass is 9.97. The van der Waals surface area contributed by atoms with Crippen LogP contribution >= 0.6 is 0 Å². The number of nitrogens with zero attached hydrogens (tertiary/aromatic N) is 2. The monoisotopic (exact) mass is 426 g/mol. The van der Waals surface area contributed by atoms with Crippen molar-refractivity contribution in [3.8, 4) is 0 Å². The summed E-state index contributed by atoms with van der Waals surface area (Å²) in [6.07, 6.45) is 3.08. The van der Waals surface area contributed by atoms with Crippen LogP contribution in [0.4, 0.5) is 0 Å². The number of carbonyl (C=O) groups excluding carboxylic acids is 3. The van der Waals surface area contributed by atoms with E-state index >= 15 is 0 Å². The molecular weight excluding hydrogens is 396 g/mol. The van der Waals surface area contributed by atoms with Gasteiger partial charge in [-0.25, -0.2) is 0 Å². The van der Waals surface area contributed by atoms with Crippen molar-refractivity contribution < 1.29 is 23.5 Å². The van der Waals surface area contributed by atoms with Crippen LogP contribution in [0.1, 0.15) is 42.0 Å². The van der Waals surface area contributed by atoms with Crippen molar-refractivity contribution in [2.24, 2.45) is 5.92 Å². The van der Waals surface area contributed by atoms with Crippen molar-refractivity contribution in [1.82, 2.24) is 9.80 Å². The molecule has 7 nitrogen and oxygen atoms in total. The van der Waals surface area contributed by atoms with Gasteiger partial charge in [0, 0.05) is 23.5 Å². The Balaban J connectivity index is 1.54. The van der Waals surface area contributed by atoms with E-state index in [0.717, 1.165) is 33.2 Å². The molecule has 2 saturated heterocycles. The van der Waals surface area contributed by atoms with E-state index in [4.69, 9.17) is 9.15 Å². The zero-order chi connectivity index (χ0) is 22.4. The van der Waals surface area contributed by atoms with Crippen LogP contribution in [0.25, 0.3) is 11.0 Å². The molecule has 166 valence electrons. The Morgan fingerprint density at radius 1 is 1.23 bits per heavy atom. The third-order valence-corrected chi connectivity index (χ3v) is 7.03. The topological polar surface area (TPSA) is 80.1 Å². The summed E-state index contributed by atoms with van der Waals surface area (Å²) in [5.74, 6) is -0.797. The summed E-state index contributed by atoms with van der Waals surface area (Å²) < 4.78 is 10.8. The van der Waals surface area contributed by atoms with Crippen molar-refractivity contribution in [1.29, 1.82) is 0 Å². The lowest BCUT2D eigenvalue weighted by Crippen LogP contribution is -2.57. The molecule has 4 rings (SSSR count). The van der Waals surface area contributed by atoms with Crippen LogP contribution in [0, 0.1) is 26.7 Å². The third-order valence-electron chi connectivity index (χ3n) is 7.03. The van der Waals surface area contributed by atoms with Crippen molar-refractivity contribution >= 4 is 28.8 Å². The highest BCUT2D eigenvalue weighted by Crippen LogP contribution is 2.36. The van der Waals surface area contributed by atoms with Gasteiger partial charge in [0.05, 0.1) is 38.3 Å². The number of furan rings is 1. The van der Waals surface area contributed by atoms with Gasteiger partial charge < -0.3 is 19.0 Å². The van der Waals surface area contributed by atoms with Crippen LogP contribution in [0.15, 0.2) is 16.7 Å². The average molecular weight is 427 g/mol. The van der Waals surface area contributed by atoms with Crippen molar-refractivity contribution in [3.63, 3.8) is 0 Å². The largest absolute Gasteiger partial charge is 0.469 e. The molecule has 3 heterocycles. The Hall–Kier alpha value is -2.83. The maximum absolute atomic E-state index is 13.2. The van der Waals surface area contributed by atoms with Gasteiger partial charge in [-0.2, -0.15) is 0 Å². The number of hydrogen-bond acceptors (Lipinski definition) is 5. The smallest absolute Gasteiger partial charge is 0.310 e. The lowest BCUT2D eigenvalue weighted by Gasteiger charge is -2.39.